The summed E-state index contributed by atoms with van der Waals surface area (Å²) < 4.78 is 0. The van der Waals surface area contributed by atoms with Gasteiger partial charge in [0.2, 0.25) is 5.91 Å². The van der Waals surface area contributed by atoms with E-state index in [2.05, 4.69) is 41.0 Å². The summed E-state index contributed by atoms with van der Waals surface area (Å²) in [7, 11) is 0. The van der Waals surface area contributed by atoms with Crippen LogP contribution in [0, 0.1) is 24.7 Å². The van der Waals surface area contributed by atoms with Crippen molar-refractivity contribution >= 4 is 5.91 Å². The van der Waals surface area contributed by atoms with Gasteiger partial charge >= 0.3 is 0 Å². The van der Waals surface area contributed by atoms with Crippen molar-refractivity contribution in [2.75, 3.05) is 26.2 Å². The Morgan fingerprint density at radius 3 is 2.42 bits per heavy atom. The molecule has 4 rings (SSSR count). The van der Waals surface area contributed by atoms with Gasteiger partial charge in [0, 0.05) is 39.1 Å². The second-order valence-corrected chi connectivity index (χ2v) is 8.28. The van der Waals surface area contributed by atoms with Gasteiger partial charge in [-0.1, -0.05) is 36.2 Å². The number of rotatable bonds is 4. The van der Waals surface area contributed by atoms with Crippen LogP contribution >= 0.6 is 0 Å². The van der Waals surface area contributed by atoms with Crippen LogP contribution in [0.15, 0.2) is 24.3 Å². The Morgan fingerprint density at radius 2 is 1.79 bits per heavy atom. The van der Waals surface area contributed by atoms with Crippen molar-refractivity contribution < 1.29 is 4.79 Å². The summed E-state index contributed by atoms with van der Waals surface area (Å²) in [6.45, 7) is 6.97. The maximum absolute atomic E-state index is 12.6. The topological polar surface area (TPSA) is 23.6 Å². The van der Waals surface area contributed by atoms with E-state index >= 15 is 0 Å². The molecule has 1 aliphatic heterocycles. The fourth-order valence-corrected chi connectivity index (χ4v) is 5.09. The molecule has 1 saturated heterocycles. The molecule has 3 heteroatoms. The van der Waals surface area contributed by atoms with Crippen LogP contribution in [0.2, 0.25) is 0 Å². The molecule has 1 heterocycles. The lowest BCUT2D eigenvalue weighted by molar-refractivity contribution is -0.134. The highest BCUT2D eigenvalue weighted by Gasteiger charge is 2.40. The van der Waals surface area contributed by atoms with E-state index in [1.54, 1.807) is 0 Å². The average molecular weight is 326 g/mol. The SMILES string of the molecule is Cc1ccc(CN2CCN(C(=O)CC3CC4CCC3C4)CC2)cc1. The third-order valence-electron chi connectivity index (χ3n) is 6.57. The van der Waals surface area contributed by atoms with E-state index in [-0.39, 0.29) is 0 Å². The predicted octanol–water partition coefficient (Wildman–Crippen LogP) is 3.47. The Labute approximate surface area is 146 Å². The lowest BCUT2D eigenvalue weighted by atomic mass is 9.86. The minimum Gasteiger partial charge on any atom is -0.340 e. The van der Waals surface area contributed by atoms with E-state index in [9.17, 15) is 4.79 Å². The molecule has 3 nitrogen and oxygen atoms in total. The average Bonchev–Trinajstić information content (AvgIpc) is 3.20. The highest BCUT2D eigenvalue weighted by Crippen LogP contribution is 2.49. The smallest absolute Gasteiger partial charge is 0.222 e. The van der Waals surface area contributed by atoms with Gasteiger partial charge in [-0.25, -0.2) is 0 Å². The summed E-state index contributed by atoms with van der Waals surface area (Å²) in [4.78, 5) is 17.2. The van der Waals surface area contributed by atoms with Gasteiger partial charge in [0.15, 0.2) is 0 Å². The second kappa shape index (κ2) is 6.87. The second-order valence-electron chi connectivity index (χ2n) is 8.28. The van der Waals surface area contributed by atoms with E-state index in [1.165, 1.54) is 36.8 Å². The fourth-order valence-electron chi connectivity index (χ4n) is 5.09. The van der Waals surface area contributed by atoms with Gasteiger partial charge in [0.05, 0.1) is 0 Å². The number of carbonyl (C=O) groups is 1. The molecule has 24 heavy (non-hydrogen) atoms. The summed E-state index contributed by atoms with van der Waals surface area (Å²) in [5.74, 6) is 2.92. The summed E-state index contributed by atoms with van der Waals surface area (Å²) in [6, 6.07) is 8.82. The molecule has 1 aromatic rings. The molecule has 2 aliphatic carbocycles. The van der Waals surface area contributed by atoms with Crippen LogP contribution in [0.3, 0.4) is 0 Å². The Kier molecular flexibility index (Phi) is 4.62. The van der Waals surface area contributed by atoms with Gasteiger partial charge in [0.1, 0.15) is 0 Å². The number of piperazine rings is 1. The first-order valence-corrected chi connectivity index (χ1v) is 9.73. The Bertz CT molecular complexity index is 574. The van der Waals surface area contributed by atoms with Crippen LogP contribution in [-0.4, -0.2) is 41.9 Å². The van der Waals surface area contributed by atoms with E-state index in [0.29, 0.717) is 11.8 Å². The van der Waals surface area contributed by atoms with Gasteiger partial charge in [0.25, 0.3) is 0 Å². The minimum atomic E-state index is 0.419. The first-order chi connectivity index (χ1) is 11.7. The number of hydrogen-bond acceptors (Lipinski definition) is 2. The minimum absolute atomic E-state index is 0.419. The molecule has 2 bridgehead atoms. The molecule has 3 unspecified atom stereocenters. The lowest BCUT2D eigenvalue weighted by Crippen LogP contribution is -2.48. The summed E-state index contributed by atoms with van der Waals surface area (Å²) in [5, 5.41) is 0. The standard InChI is InChI=1S/C21H30N2O/c1-16-2-4-17(5-3-16)15-22-8-10-23(11-9-22)21(24)14-20-13-18-6-7-19(20)12-18/h2-5,18-20H,6-15H2,1H3. The maximum atomic E-state index is 12.6. The maximum Gasteiger partial charge on any atom is 0.222 e. The van der Waals surface area contributed by atoms with Crippen LogP contribution < -0.4 is 0 Å². The largest absolute Gasteiger partial charge is 0.340 e. The van der Waals surface area contributed by atoms with Crippen LogP contribution in [0.5, 0.6) is 0 Å². The van der Waals surface area contributed by atoms with Gasteiger partial charge in [-0.2, -0.15) is 0 Å². The molecule has 0 N–H and O–H groups in total. The quantitative estimate of drug-likeness (QED) is 0.846. The van der Waals surface area contributed by atoms with Crippen LogP contribution in [0.25, 0.3) is 0 Å². The van der Waals surface area contributed by atoms with Gasteiger partial charge in [-0.3, -0.25) is 9.69 Å². The molecule has 3 fully saturated rings. The number of benzene rings is 1. The fraction of sp³-hybridized carbons (Fsp3) is 0.667. The summed E-state index contributed by atoms with van der Waals surface area (Å²) in [5.41, 5.74) is 2.69. The number of aryl methyl sites for hydroxylation is 1. The number of hydrogen-bond donors (Lipinski definition) is 0. The molecular formula is C21H30N2O. The predicted molar refractivity (Wildman–Crippen MR) is 96.6 cm³/mol. The first-order valence-electron chi connectivity index (χ1n) is 9.73. The number of amides is 1. The molecule has 1 aromatic carbocycles. The zero-order valence-corrected chi connectivity index (χ0v) is 14.9. The van der Waals surface area contributed by atoms with Gasteiger partial charge in [-0.05, 0) is 49.5 Å². The summed E-state index contributed by atoms with van der Waals surface area (Å²) in [6.07, 6.45) is 6.35. The van der Waals surface area contributed by atoms with E-state index in [0.717, 1.165) is 51.0 Å². The number of carbonyl (C=O) groups excluding carboxylic acids is 1. The zero-order chi connectivity index (χ0) is 16.5. The van der Waals surface area contributed by atoms with Gasteiger partial charge in [-0.15, -0.1) is 0 Å². The van der Waals surface area contributed by atoms with Crippen LogP contribution in [-0.2, 0) is 11.3 Å². The van der Waals surface area contributed by atoms with E-state index in [4.69, 9.17) is 0 Å². The molecule has 2 saturated carbocycles. The lowest BCUT2D eigenvalue weighted by Gasteiger charge is -2.35. The zero-order valence-electron chi connectivity index (χ0n) is 14.9. The molecule has 0 spiro atoms. The normalized spacial score (nSPS) is 30.0. The van der Waals surface area contributed by atoms with Gasteiger partial charge < -0.3 is 4.90 Å². The number of fused-ring (bicyclic) bond motifs is 2. The van der Waals surface area contributed by atoms with E-state index < -0.39 is 0 Å². The Hall–Kier alpha value is -1.35. The van der Waals surface area contributed by atoms with E-state index in [1.807, 2.05) is 0 Å². The van der Waals surface area contributed by atoms with Crippen molar-refractivity contribution in [3.8, 4) is 0 Å². The third kappa shape index (κ3) is 3.51. The first kappa shape index (κ1) is 16.1. The van der Waals surface area contributed by atoms with Crippen molar-refractivity contribution in [3.63, 3.8) is 0 Å². The molecule has 3 aliphatic rings. The Balaban J connectivity index is 1.23. The number of nitrogens with zero attached hydrogens (tertiary/aromatic N) is 2. The monoisotopic (exact) mass is 326 g/mol. The van der Waals surface area contributed by atoms with Crippen molar-refractivity contribution in [1.82, 2.24) is 9.80 Å². The molecule has 130 valence electrons. The van der Waals surface area contributed by atoms with Crippen molar-refractivity contribution in [1.29, 1.82) is 0 Å². The highest BCUT2D eigenvalue weighted by molar-refractivity contribution is 5.76. The molecular weight excluding hydrogens is 296 g/mol. The highest BCUT2D eigenvalue weighted by atomic mass is 16.2. The van der Waals surface area contributed by atoms with Crippen molar-refractivity contribution in [2.24, 2.45) is 17.8 Å². The molecule has 1 amide bonds. The Morgan fingerprint density at radius 1 is 1.04 bits per heavy atom. The molecule has 0 radical (unpaired) electrons. The molecule has 3 atom stereocenters. The third-order valence-corrected chi connectivity index (χ3v) is 6.57. The van der Waals surface area contributed by atoms with Crippen molar-refractivity contribution in [3.05, 3.63) is 35.4 Å². The summed E-state index contributed by atoms with van der Waals surface area (Å²) >= 11 is 0. The van der Waals surface area contributed by atoms with Crippen LogP contribution in [0.1, 0.15) is 43.2 Å². The van der Waals surface area contributed by atoms with Crippen molar-refractivity contribution in [2.45, 2.75) is 45.6 Å². The molecule has 0 aromatic heterocycles. The van der Waals surface area contributed by atoms with Crippen LogP contribution in [0.4, 0.5) is 0 Å².